The van der Waals surface area contributed by atoms with Crippen LogP contribution in [0.5, 0.6) is 0 Å². The van der Waals surface area contributed by atoms with E-state index in [0.717, 1.165) is 0 Å². The lowest BCUT2D eigenvalue weighted by Gasteiger charge is -2.11. The zero-order valence-corrected chi connectivity index (χ0v) is 10.9. The van der Waals surface area contributed by atoms with Crippen molar-refractivity contribution in [1.29, 1.82) is 0 Å². The number of halogens is 5. The molecule has 0 aromatic heterocycles. The molecule has 0 spiro atoms. The number of aryl methyl sites for hydroxylation is 1. The van der Waals surface area contributed by atoms with Crippen molar-refractivity contribution in [2.24, 2.45) is 0 Å². The van der Waals surface area contributed by atoms with Crippen LogP contribution in [0.25, 0.3) is 0 Å². The maximum Gasteiger partial charge on any atom is 0.471 e. The topological polar surface area (TPSA) is 29.1 Å². The monoisotopic (exact) mass is 363 g/mol. The number of rotatable bonds is 1. The molecule has 0 bridgehead atoms. The number of alkyl halides is 3. The summed E-state index contributed by atoms with van der Waals surface area (Å²) in [6.07, 6.45) is -4.89. The van der Waals surface area contributed by atoms with Crippen LogP contribution < -0.4 is 5.32 Å². The van der Waals surface area contributed by atoms with Crippen molar-refractivity contribution >= 4 is 45.8 Å². The normalized spacial score (nSPS) is 11.4. The maximum atomic E-state index is 12.0. The molecule has 0 heterocycles. The van der Waals surface area contributed by atoms with E-state index < -0.39 is 12.1 Å². The average molecular weight is 364 g/mol. The minimum absolute atomic E-state index is 0.102. The van der Waals surface area contributed by atoms with E-state index in [0.29, 0.717) is 14.2 Å². The van der Waals surface area contributed by atoms with Gasteiger partial charge in [0.1, 0.15) is 0 Å². The average Bonchev–Trinajstić information content (AvgIpc) is 2.12. The fraction of sp³-hybridized carbons (Fsp3) is 0.222. The Morgan fingerprint density at radius 3 is 2.50 bits per heavy atom. The zero-order chi connectivity index (χ0) is 12.5. The Labute approximate surface area is 108 Å². The summed E-state index contributed by atoms with van der Waals surface area (Å²) in [5.74, 6) is -1.99. The Morgan fingerprint density at radius 2 is 2.00 bits per heavy atom. The van der Waals surface area contributed by atoms with Gasteiger partial charge >= 0.3 is 12.1 Å². The molecule has 0 radical (unpaired) electrons. The quantitative estimate of drug-likeness (QED) is 0.757. The lowest BCUT2D eigenvalue weighted by atomic mass is 10.2. The number of benzene rings is 1. The molecule has 16 heavy (non-hydrogen) atoms. The number of nitrogens with one attached hydrogen (secondary N) is 1. The van der Waals surface area contributed by atoms with Gasteiger partial charge in [0.05, 0.1) is 5.69 Å². The van der Waals surface area contributed by atoms with E-state index in [9.17, 15) is 18.0 Å². The van der Waals surface area contributed by atoms with E-state index >= 15 is 0 Å². The van der Waals surface area contributed by atoms with Crippen LogP contribution in [0, 0.1) is 10.5 Å². The van der Waals surface area contributed by atoms with Gasteiger partial charge in [-0.3, -0.25) is 4.79 Å². The third kappa shape index (κ3) is 3.24. The van der Waals surface area contributed by atoms with E-state index in [-0.39, 0.29) is 5.69 Å². The van der Waals surface area contributed by atoms with Crippen molar-refractivity contribution in [2.75, 3.05) is 5.32 Å². The maximum absolute atomic E-state index is 12.0. The van der Waals surface area contributed by atoms with Crippen molar-refractivity contribution in [3.8, 4) is 0 Å². The Hall–Kier alpha value is -0.500. The summed E-state index contributed by atoms with van der Waals surface area (Å²) < 4.78 is 36.5. The van der Waals surface area contributed by atoms with Crippen LogP contribution in [-0.4, -0.2) is 12.1 Å². The highest BCUT2D eigenvalue weighted by Gasteiger charge is 2.38. The molecule has 0 unspecified atom stereocenters. The van der Waals surface area contributed by atoms with Gasteiger partial charge in [0.15, 0.2) is 0 Å². The Bertz CT molecular complexity index is 433. The summed E-state index contributed by atoms with van der Waals surface area (Å²) in [5.41, 5.74) is 0.699. The number of hydrogen-bond donors (Lipinski definition) is 1. The SMILES string of the molecule is Cc1cc(NC(=O)C(F)(F)F)c(I)cc1Cl. The number of carbonyl (C=O) groups excluding carboxylic acids is 1. The molecule has 1 amide bonds. The van der Waals surface area contributed by atoms with Crippen molar-refractivity contribution in [2.45, 2.75) is 13.1 Å². The molecule has 1 aromatic rings. The van der Waals surface area contributed by atoms with E-state index in [1.807, 2.05) is 0 Å². The second-order valence-electron chi connectivity index (χ2n) is 3.03. The van der Waals surface area contributed by atoms with Crippen molar-refractivity contribution in [1.82, 2.24) is 0 Å². The molecule has 0 aliphatic rings. The second-order valence-corrected chi connectivity index (χ2v) is 4.60. The fourth-order valence-electron chi connectivity index (χ4n) is 0.946. The molecule has 1 aromatic carbocycles. The minimum Gasteiger partial charge on any atom is -0.317 e. The molecular formula is C9H6ClF3INO. The van der Waals surface area contributed by atoms with Crippen molar-refractivity contribution < 1.29 is 18.0 Å². The lowest BCUT2D eigenvalue weighted by Crippen LogP contribution is -2.30. The standard InChI is InChI=1S/C9H6ClF3INO/c1-4-2-7(6(14)3-5(4)10)15-8(16)9(11,12)13/h2-3H,1H3,(H,15,16). The van der Waals surface area contributed by atoms with E-state index in [1.54, 1.807) is 34.8 Å². The molecule has 0 aliphatic carbocycles. The number of anilines is 1. The minimum atomic E-state index is -4.89. The first kappa shape index (κ1) is 13.6. The number of hydrogen-bond acceptors (Lipinski definition) is 1. The van der Waals surface area contributed by atoms with Crippen molar-refractivity contribution in [3.63, 3.8) is 0 Å². The Morgan fingerprint density at radius 1 is 1.44 bits per heavy atom. The fourth-order valence-corrected chi connectivity index (χ4v) is 1.90. The first-order valence-electron chi connectivity index (χ1n) is 4.05. The molecule has 1 N–H and O–H groups in total. The van der Waals surface area contributed by atoms with E-state index in [1.165, 1.54) is 12.1 Å². The molecule has 1 rings (SSSR count). The van der Waals surface area contributed by atoms with Gasteiger partial charge in [-0.15, -0.1) is 0 Å². The summed E-state index contributed by atoms with van der Waals surface area (Å²) in [4.78, 5) is 10.7. The molecule has 0 aliphatic heterocycles. The molecule has 0 saturated carbocycles. The van der Waals surface area contributed by atoms with Crippen LogP contribution in [0.4, 0.5) is 18.9 Å². The van der Waals surface area contributed by atoms with E-state index in [2.05, 4.69) is 0 Å². The van der Waals surface area contributed by atoms with Gasteiger partial charge in [0, 0.05) is 8.59 Å². The Kier molecular flexibility index (Phi) is 4.06. The van der Waals surface area contributed by atoms with Gasteiger partial charge in [0.2, 0.25) is 0 Å². The summed E-state index contributed by atoms with van der Waals surface area (Å²) in [6, 6.07) is 2.89. The van der Waals surface area contributed by atoms with Crippen molar-refractivity contribution in [3.05, 3.63) is 26.3 Å². The highest BCUT2D eigenvalue weighted by Crippen LogP contribution is 2.27. The molecule has 7 heteroatoms. The largest absolute Gasteiger partial charge is 0.471 e. The molecule has 0 fully saturated rings. The van der Waals surface area contributed by atoms with Gasteiger partial charge in [-0.05, 0) is 47.2 Å². The third-order valence-electron chi connectivity index (χ3n) is 1.75. The van der Waals surface area contributed by atoms with Gasteiger partial charge < -0.3 is 5.32 Å². The van der Waals surface area contributed by atoms with Crippen LogP contribution in [-0.2, 0) is 4.79 Å². The number of amides is 1. The summed E-state index contributed by atoms with van der Waals surface area (Å²) in [5, 5.41) is 2.23. The number of carbonyl (C=O) groups is 1. The molecular weight excluding hydrogens is 357 g/mol. The van der Waals surface area contributed by atoms with Crippen LogP contribution in [0.2, 0.25) is 5.02 Å². The van der Waals surface area contributed by atoms with Crippen LogP contribution in [0.15, 0.2) is 12.1 Å². The highest BCUT2D eigenvalue weighted by molar-refractivity contribution is 14.1. The van der Waals surface area contributed by atoms with Gasteiger partial charge in [0.25, 0.3) is 0 Å². The van der Waals surface area contributed by atoms with E-state index in [4.69, 9.17) is 11.6 Å². The molecule has 2 nitrogen and oxygen atoms in total. The summed E-state index contributed by atoms with van der Waals surface area (Å²) in [7, 11) is 0. The lowest BCUT2D eigenvalue weighted by molar-refractivity contribution is -0.167. The molecule has 0 saturated heterocycles. The highest BCUT2D eigenvalue weighted by atomic mass is 127. The van der Waals surface area contributed by atoms with Crippen LogP contribution in [0.3, 0.4) is 0 Å². The smallest absolute Gasteiger partial charge is 0.317 e. The predicted molar refractivity (Wildman–Crippen MR) is 63.6 cm³/mol. The Balaban J connectivity index is 2.99. The van der Waals surface area contributed by atoms with Gasteiger partial charge in [-0.2, -0.15) is 13.2 Å². The zero-order valence-electron chi connectivity index (χ0n) is 7.95. The van der Waals surface area contributed by atoms with Gasteiger partial charge in [-0.1, -0.05) is 11.6 Å². The summed E-state index contributed by atoms with van der Waals surface area (Å²) in [6.45, 7) is 1.64. The predicted octanol–water partition coefficient (Wildman–Crippen LogP) is 3.75. The van der Waals surface area contributed by atoms with Gasteiger partial charge in [-0.25, -0.2) is 0 Å². The molecule has 88 valence electrons. The third-order valence-corrected chi connectivity index (χ3v) is 3.05. The first-order chi connectivity index (χ1) is 7.21. The summed E-state index contributed by atoms with van der Waals surface area (Å²) >= 11 is 7.57. The van der Waals surface area contributed by atoms with Crippen LogP contribution in [0.1, 0.15) is 5.56 Å². The second kappa shape index (κ2) is 4.79. The first-order valence-corrected chi connectivity index (χ1v) is 5.51. The van der Waals surface area contributed by atoms with Crippen LogP contribution >= 0.6 is 34.2 Å². The molecule has 0 atom stereocenters.